The van der Waals surface area contributed by atoms with Gasteiger partial charge >= 0.3 is 0 Å². The monoisotopic (exact) mass is 388 g/mol. The van der Waals surface area contributed by atoms with Crippen LogP contribution in [0.3, 0.4) is 0 Å². The van der Waals surface area contributed by atoms with Crippen molar-refractivity contribution in [2.75, 3.05) is 31.1 Å². The first-order chi connectivity index (χ1) is 11.8. The fourth-order valence-electron chi connectivity index (χ4n) is 2.80. The second kappa shape index (κ2) is 6.78. The number of anilines is 1. The van der Waals surface area contributed by atoms with Crippen LogP contribution in [0.25, 0.3) is 11.1 Å². The summed E-state index contributed by atoms with van der Waals surface area (Å²) in [5, 5.41) is 3.40. The van der Waals surface area contributed by atoms with E-state index < -0.39 is 0 Å². The van der Waals surface area contributed by atoms with Crippen molar-refractivity contribution in [3.63, 3.8) is 0 Å². The number of fused-ring (bicyclic) bond motifs is 1. The van der Waals surface area contributed by atoms with Crippen LogP contribution >= 0.6 is 15.9 Å². The number of hydrogen-bond acceptors (Lipinski definition) is 6. The molecule has 6 nitrogen and oxygen atoms in total. The van der Waals surface area contributed by atoms with Gasteiger partial charge in [0.15, 0.2) is 5.58 Å². The second-order valence-electron chi connectivity index (χ2n) is 5.66. The van der Waals surface area contributed by atoms with E-state index in [1.165, 1.54) is 0 Å². The summed E-state index contributed by atoms with van der Waals surface area (Å²) < 4.78 is 12.8. The normalized spacial score (nSPS) is 18.0. The molecule has 1 fully saturated rings. The van der Waals surface area contributed by atoms with E-state index in [0.29, 0.717) is 12.6 Å². The van der Waals surface area contributed by atoms with Gasteiger partial charge in [0.2, 0.25) is 0 Å². The first kappa shape index (κ1) is 15.4. The maximum Gasteiger partial charge on any atom is 0.298 e. The Morgan fingerprint density at radius 2 is 2.33 bits per heavy atom. The van der Waals surface area contributed by atoms with E-state index in [1.807, 2.05) is 30.3 Å². The van der Waals surface area contributed by atoms with Crippen molar-refractivity contribution in [3.8, 4) is 5.75 Å². The Kier molecular flexibility index (Phi) is 4.36. The fraction of sp³-hybridized carbons (Fsp3) is 0.294. The third-order valence-electron chi connectivity index (χ3n) is 4.01. The van der Waals surface area contributed by atoms with Crippen LogP contribution in [0.5, 0.6) is 5.75 Å². The van der Waals surface area contributed by atoms with Crippen molar-refractivity contribution in [3.05, 3.63) is 47.2 Å². The molecule has 7 heteroatoms. The third kappa shape index (κ3) is 3.22. The standard InChI is InChI=1S/C17H17BrN4O2/c18-12-3-4-16-15(8-12)21-17(24-16)22-7-6-20-9-13(22)11-23-14-2-1-5-19-10-14/h1-5,8,10,13,20H,6-7,9,11H2. The Balaban J connectivity index is 1.54. The van der Waals surface area contributed by atoms with Gasteiger partial charge in [0.1, 0.15) is 17.9 Å². The van der Waals surface area contributed by atoms with E-state index in [2.05, 4.69) is 36.1 Å². The Bertz CT molecular complexity index is 824. The van der Waals surface area contributed by atoms with Crippen LogP contribution in [-0.4, -0.2) is 42.3 Å². The first-order valence-corrected chi connectivity index (χ1v) is 8.65. The van der Waals surface area contributed by atoms with Gasteiger partial charge in [0.05, 0.1) is 12.2 Å². The van der Waals surface area contributed by atoms with E-state index in [0.717, 1.165) is 41.0 Å². The molecule has 1 saturated heterocycles. The van der Waals surface area contributed by atoms with Crippen LogP contribution in [0.2, 0.25) is 0 Å². The van der Waals surface area contributed by atoms with Crippen LogP contribution in [0.1, 0.15) is 0 Å². The zero-order chi connectivity index (χ0) is 16.4. The van der Waals surface area contributed by atoms with Crippen molar-refractivity contribution in [2.24, 2.45) is 0 Å². The highest BCUT2D eigenvalue weighted by Crippen LogP contribution is 2.26. The van der Waals surface area contributed by atoms with Gasteiger partial charge in [-0.1, -0.05) is 15.9 Å². The zero-order valence-corrected chi connectivity index (χ0v) is 14.6. The number of aromatic nitrogens is 2. The number of pyridine rings is 1. The lowest BCUT2D eigenvalue weighted by atomic mass is 10.2. The predicted octanol–water partition coefficient (Wildman–Crippen LogP) is 2.84. The SMILES string of the molecule is Brc1ccc2oc(N3CCNCC3COc3cccnc3)nc2c1. The quantitative estimate of drug-likeness (QED) is 0.741. The Labute approximate surface area is 148 Å². The Hall–Kier alpha value is -2.12. The largest absolute Gasteiger partial charge is 0.490 e. The molecule has 1 N–H and O–H groups in total. The van der Waals surface area contributed by atoms with Crippen molar-refractivity contribution in [1.29, 1.82) is 0 Å². The first-order valence-electron chi connectivity index (χ1n) is 7.86. The van der Waals surface area contributed by atoms with E-state index in [4.69, 9.17) is 9.15 Å². The van der Waals surface area contributed by atoms with Crippen molar-refractivity contribution in [2.45, 2.75) is 6.04 Å². The second-order valence-corrected chi connectivity index (χ2v) is 6.58. The van der Waals surface area contributed by atoms with Gasteiger partial charge in [-0.05, 0) is 30.3 Å². The van der Waals surface area contributed by atoms with E-state index >= 15 is 0 Å². The van der Waals surface area contributed by atoms with Crippen molar-refractivity contribution < 1.29 is 9.15 Å². The molecule has 0 bridgehead atoms. The number of piperazine rings is 1. The summed E-state index contributed by atoms with van der Waals surface area (Å²) in [5.41, 5.74) is 1.64. The van der Waals surface area contributed by atoms with Crippen molar-refractivity contribution >= 4 is 33.0 Å². The molecule has 0 aliphatic carbocycles. The molecule has 0 saturated carbocycles. The summed E-state index contributed by atoms with van der Waals surface area (Å²) in [6.45, 7) is 3.09. The molecule has 0 radical (unpaired) electrons. The van der Waals surface area contributed by atoms with Gasteiger partial charge in [-0.25, -0.2) is 0 Å². The lowest BCUT2D eigenvalue weighted by Gasteiger charge is -2.34. The lowest BCUT2D eigenvalue weighted by Crippen LogP contribution is -2.54. The van der Waals surface area contributed by atoms with Crippen LogP contribution in [0.15, 0.2) is 51.6 Å². The molecule has 24 heavy (non-hydrogen) atoms. The summed E-state index contributed by atoms with van der Waals surface area (Å²) in [5.74, 6) is 0.768. The number of ether oxygens (including phenoxy) is 1. The van der Waals surface area contributed by atoms with Crippen LogP contribution < -0.4 is 15.0 Å². The maximum absolute atomic E-state index is 5.94. The predicted molar refractivity (Wildman–Crippen MR) is 95.4 cm³/mol. The highest BCUT2D eigenvalue weighted by Gasteiger charge is 2.27. The van der Waals surface area contributed by atoms with Crippen LogP contribution in [0.4, 0.5) is 6.01 Å². The summed E-state index contributed by atoms with van der Waals surface area (Å²) in [6, 6.07) is 10.4. The minimum atomic E-state index is 0.149. The summed E-state index contributed by atoms with van der Waals surface area (Å²) in [4.78, 5) is 10.9. The van der Waals surface area contributed by atoms with Gasteiger partial charge in [-0.3, -0.25) is 4.98 Å². The number of hydrogen-bond donors (Lipinski definition) is 1. The lowest BCUT2D eigenvalue weighted by molar-refractivity contribution is 0.261. The van der Waals surface area contributed by atoms with E-state index in [1.54, 1.807) is 12.4 Å². The number of benzene rings is 1. The number of halogens is 1. The summed E-state index contributed by atoms with van der Waals surface area (Å²) >= 11 is 3.47. The number of oxazole rings is 1. The van der Waals surface area contributed by atoms with E-state index in [-0.39, 0.29) is 6.04 Å². The molecule has 1 aliphatic rings. The molecule has 1 aromatic carbocycles. The maximum atomic E-state index is 5.94. The minimum Gasteiger partial charge on any atom is -0.490 e. The topological polar surface area (TPSA) is 63.4 Å². The Morgan fingerprint density at radius 1 is 1.38 bits per heavy atom. The van der Waals surface area contributed by atoms with Gasteiger partial charge in [-0.2, -0.15) is 4.98 Å². The van der Waals surface area contributed by atoms with Gasteiger partial charge in [-0.15, -0.1) is 0 Å². The highest BCUT2D eigenvalue weighted by atomic mass is 79.9. The Morgan fingerprint density at radius 3 is 3.21 bits per heavy atom. The van der Waals surface area contributed by atoms with E-state index in [9.17, 15) is 0 Å². The summed E-state index contributed by atoms with van der Waals surface area (Å²) in [6.07, 6.45) is 3.45. The molecule has 4 rings (SSSR count). The van der Waals surface area contributed by atoms with Gasteiger partial charge in [0, 0.05) is 30.3 Å². The number of rotatable bonds is 4. The molecule has 124 valence electrons. The fourth-order valence-corrected chi connectivity index (χ4v) is 3.15. The van der Waals surface area contributed by atoms with Gasteiger partial charge in [0.25, 0.3) is 6.01 Å². The minimum absolute atomic E-state index is 0.149. The molecule has 1 unspecified atom stereocenters. The van der Waals surface area contributed by atoms with Crippen LogP contribution in [0, 0.1) is 0 Å². The smallest absolute Gasteiger partial charge is 0.298 e. The highest BCUT2D eigenvalue weighted by molar-refractivity contribution is 9.10. The molecule has 3 aromatic rings. The average Bonchev–Trinajstić information content (AvgIpc) is 3.04. The molecular weight excluding hydrogens is 372 g/mol. The number of nitrogens with one attached hydrogen (secondary N) is 1. The molecule has 1 atom stereocenters. The average molecular weight is 389 g/mol. The molecule has 2 aromatic heterocycles. The summed E-state index contributed by atoms with van der Waals surface area (Å²) in [7, 11) is 0. The van der Waals surface area contributed by atoms with Crippen molar-refractivity contribution in [1.82, 2.24) is 15.3 Å². The molecule has 1 aliphatic heterocycles. The third-order valence-corrected chi connectivity index (χ3v) is 4.50. The zero-order valence-electron chi connectivity index (χ0n) is 13.0. The molecule has 0 amide bonds. The molecule has 3 heterocycles. The molecule has 0 spiro atoms. The van der Waals surface area contributed by atoms with Gasteiger partial charge < -0.3 is 19.4 Å². The molecular formula is C17H17BrN4O2. The number of nitrogens with zero attached hydrogens (tertiary/aromatic N) is 3. The van der Waals surface area contributed by atoms with Crippen LogP contribution in [-0.2, 0) is 0 Å².